The lowest BCUT2D eigenvalue weighted by molar-refractivity contribution is 0.400. The third kappa shape index (κ3) is 4.81. The van der Waals surface area contributed by atoms with Crippen LogP contribution in [0, 0.1) is 0 Å². The Morgan fingerprint density at radius 1 is 0.900 bits per heavy atom. The van der Waals surface area contributed by atoms with Crippen molar-refractivity contribution in [1.82, 2.24) is 14.5 Å². The zero-order chi connectivity index (χ0) is 20.9. The third-order valence-corrected chi connectivity index (χ3v) is 5.27. The third-order valence-electron chi connectivity index (χ3n) is 5.27. The Hall–Kier alpha value is -3.31. The van der Waals surface area contributed by atoms with Crippen molar-refractivity contribution in [3.05, 3.63) is 94.4 Å². The second-order valence-corrected chi connectivity index (χ2v) is 7.96. The van der Waals surface area contributed by atoms with Crippen molar-refractivity contribution < 1.29 is 0 Å². The number of aryl methyl sites for hydroxylation is 1. The van der Waals surface area contributed by atoms with Gasteiger partial charge in [0.05, 0.1) is 17.6 Å². The molecular formula is C25H28N4O. The molecule has 1 heterocycles. The van der Waals surface area contributed by atoms with Crippen LogP contribution in [0.15, 0.2) is 77.6 Å². The van der Waals surface area contributed by atoms with Gasteiger partial charge in [0.2, 0.25) is 0 Å². The van der Waals surface area contributed by atoms with Crippen LogP contribution in [0.25, 0.3) is 11.0 Å². The summed E-state index contributed by atoms with van der Waals surface area (Å²) in [5.74, 6) is 0. The predicted molar refractivity (Wildman–Crippen MR) is 125 cm³/mol. The van der Waals surface area contributed by atoms with E-state index in [0.717, 1.165) is 47.4 Å². The molecule has 0 radical (unpaired) electrons. The van der Waals surface area contributed by atoms with Gasteiger partial charge < -0.3 is 15.2 Å². The van der Waals surface area contributed by atoms with Crippen LogP contribution >= 0.6 is 0 Å². The Kier molecular flexibility index (Phi) is 6.00. The van der Waals surface area contributed by atoms with Gasteiger partial charge in [0.15, 0.2) is 0 Å². The highest BCUT2D eigenvalue weighted by Gasteiger charge is 2.08. The lowest BCUT2D eigenvalue weighted by atomic mass is 10.1. The van der Waals surface area contributed by atoms with E-state index in [9.17, 15) is 4.79 Å². The first kappa shape index (κ1) is 20.0. The first-order valence-corrected chi connectivity index (χ1v) is 10.4. The number of anilines is 2. The van der Waals surface area contributed by atoms with E-state index in [2.05, 4.69) is 53.6 Å². The number of nitrogens with zero attached hydrogens (tertiary/aromatic N) is 2. The van der Waals surface area contributed by atoms with Gasteiger partial charge in [-0.15, -0.1) is 0 Å². The molecule has 0 atom stereocenters. The first-order chi connectivity index (χ1) is 14.6. The Morgan fingerprint density at radius 3 is 2.37 bits per heavy atom. The van der Waals surface area contributed by atoms with Crippen molar-refractivity contribution in [2.45, 2.75) is 19.4 Å². The highest BCUT2D eigenvalue weighted by molar-refractivity contribution is 5.81. The van der Waals surface area contributed by atoms with Crippen LogP contribution in [-0.4, -0.2) is 35.1 Å². The maximum Gasteiger partial charge on any atom is 0.326 e. The van der Waals surface area contributed by atoms with Crippen LogP contribution < -0.4 is 11.0 Å². The molecule has 0 fully saturated rings. The monoisotopic (exact) mass is 400 g/mol. The number of aromatic amines is 1. The van der Waals surface area contributed by atoms with Gasteiger partial charge in [-0.05, 0) is 74.9 Å². The second kappa shape index (κ2) is 9.01. The van der Waals surface area contributed by atoms with E-state index >= 15 is 0 Å². The predicted octanol–water partition coefficient (Wildman–Crippen LogP) is 4.62. The molecule has 4 rings (SSSR count). The molecule has 0 amide bonds. The number of nitrogens with one attached hydrogen (secondary N) is 2. The van der Waals surface area contributed by atoms with Crippen molar-refractivity contribution in [1.29, 1.82) is 0 Å². The van der Waals surface area contributed by atoms with E-state index in [1.165, 1.54) is 5.56 Å². The highest BCUT2D eigenvalue weighted by atomic mass is 16.1. The quantitative estimate of drug-likeness (QED) is 0.454. The largest absolute Gasteiger partial charge is 0.355 e. The topological polar surface area (TPSA) is 53.1 Å². The van der Waals surface area contributed by atoms with Gasteiger partial charge in [-0.3, -0.25) is 4.57 Å². The summed E-state index contributed by atoms with van der Waals surface area (Å²) >= 11 is 0. The number of imidazole rings is 1. The van der Waals surface area contributed by atoms with Crippen LogP contribution in [0.1, 0.15) is 17.5 Å². The summed E-state index contributed by atoms with van der Waals surface area (Å²) in [6, 6.07) is 24.6. The average Bonchev–Trinajstić information content (AvgIpc) is 3.04. The summed E-state index contributed by atoms with van der Waals surface area (Å²) in [4.78, 5) is 17.8. The van der Waals surface area contributed by atoms with Gasteiger partial charge in [-0.1, -0.05) is 42.5 Å². The molecule has 5 nitrogen and oxygen atoms in total. The second-order valence-electron chi connectivity index (χ2n) is 7.96. The SMILES string of the molecule is CN(C)CCCc1ccc(Cn2c(=O)[nH]c3cc(Nc4ccccc4)ccc32)cc1. The number of H-pyrrole nitrogens is 1. The molecule has 0 aliphatic heterocycles. The van der Waals surface area contributed by atoms with Crippen LogP contribution in [-0.2, 0) is 13.0 Å². The molecule has 1 aromatic heterocycles. The molecule has 154 valence electrons. The summed E-state index contributed by atoms with van der Waals surface area (Å²) in [6.07, 6.45) is 2.22. The fourth-order valence-electron chi connectivity index (χ4n) is 3.68. The summed E-state index contributed by atoms with van der Waals surface area (Å²) in [5, 5.41) is 3.37. The van der Waals surface area contributed by atoms with E-state index in [4.69, 9.17) is 0 Å². The maximum atomic E-state index is 12.6. The van der Waals surface area contributed by atoms with Crippen molar-refractivity contribution in [3.63, 3.8) is 0 Å². The molecule has 0 aliphatic carbocycles. The van der Waals surface area contributed by atoms with Gasteiger partial charge in [0.1, 0.15) is 0 Å². The first-order valence-electron chi connectivity index (χ1n) is 10.4. The number of hydrogen-bond acceptors (Lipinski definition) is 3. The van der Waals surface area contributed by atoms with E-state index in [1.54, 1.807) is 4.57 Å². The van der Waals surface area contributed by atoms with Gasteiger partial charge >= 0.3 is 5.69 Å². The minimum Gasteiger partial charge on any atom is -0.355 e. The number of benzene rings is 3. The van der Waals surface area contributed by atoms with Crippen molar-refractivity contribution >= 4 is 22.4 Å². The molecule has 3 aromatic carbocycles. The lowest BCUT2D eigenvalue weighted by Crippen LogP contribution is -2.17. The summed E-state index contributed by atoms with van der Waals surface area (Å²) in [5.41, 5.74) is 6.09. The molecule has 30 heavy (non-hydrogen) atoms. The molecule has 2 N–H and O–H groups in total. The van der Waals surface area contributed by atoms with Gasteiger partial charge in [-0.2, -0.15) is 0 Å². The van der Waals surface area contributed by atoms with Crippen molar-refractivity contribution in [2.75, 3.05) is 26.0 Å². The fourth-order valence-corrected chi connectivity index (χ4v) is 3.68. The lowest BCUT2D eigenvalue weighted by Gasteiger charge is -2.10. The Bertz CT molecular complexity index is 1160. The van der Waals surface area contributed by atoms with Gasteiger partial charge in [-0.25, -0.2) is 4.79 Å². The van der Waals surface area contributed by atoms with E-state index in [1.807, 2.05) is 48.5 Å². The van der Waals surface area contributed by atoms with Crippen LogP contribution in [0.2, 0.25) is 0 Å². The molecule has 5 heteroatoms. The number of aromatic nitrogens is 2. The highest BCUT2D eigenvalue weighted by Crippen LogP contribution is 2.21. The Morgan fingerprint density at radius 2 is 1.63 bits per heavy atom. The zero-order valence-electron chi connectivity index (χ0n) is 17.6. The maximum absolute atomic E-state index is 12.6. The summed E-state index contributed by atoms with van der Waals surface area (Å²) < 4.78 is 1.79. The molecule has 0 aliphatic rings. The number of fused-ring (bicyclic) bond motifs is 1. The Balaban J connectivity index is 1.49. The molecule has 0 bridgehead atoms. The normalized spacial score (nSPS) is 11.3. The van der Waals surface area contributed by atoms with Crippen molar-refractivity contribution in [3.8, 4) is 0 Å². The summed E-state index contributed by atoms with van der Waals surface area (Å²) in [6.45, 7) is 1.65. The number of para-hydroxylation sites is 1. The van der Waals surface area contributed by atoms with E-state index in [0.29, 0.717) is 6.54 Å². The van der Waals surface area contributed by atoms with Crippen LogP contribution in [0.4, 0.5) is 11.4 Å². The van der Waals surface area contributed by atoms with Crippen LogP contribution in [0.3, 0.4) is 0 Å². The average molecular weight is 401 g/mol. The minimum absolute atomic E-state index is 0.0862. The standard InChI is InChI=1S/C25H28N4O/c1-28(2)16-6-7-19-10-12-20(13-11-19)18-29-24-15-14-22(17-23(24)27-25(29)30)26-21-8-4-3-5-9-21/h3-5,8-15,17,26H,6-7,16,18H2,1-2H3,(H,27,30). The van der Waals surface area contributed by atoms with Crippen molar-refractivity contribution in [2.24, 2.45) is 0 Å². The van der Waals surface area contributed by atoms with Crippen LogP contribution in [0.5, 0.6) is 0 Å². The van der Waals surface area contributed by atoms with E-state index in [-0.39, 0.29) is 5.69 Å². The van der Waals surface area contributed by atoms with Gasteiger partial charge in [0, 0.05) is 11.4 Å². The molecular weight excluding hydrogens is 372 g/mol. The molecule has 4 aromatic rings. The Labute approximate surface area is 177 Å². The zero-order valence-corrected chi connectivity index (χ0v) is 17.6. The smallest absolute Gasteiger partial charge is 0.326 e. The molecule has 0 spiro atoms. The minimum atomic E-state index is -0.0862. The van der Waals surface area contributed by atoms with E-state index < -0.39 is 0 Å². The molecule has 0 saturated carbocycles. The molecule has 0 saturated heterocycles. The summed E-state index contributed by atoms with van der Waals surface area (Å²) in [7, 11) is 4.20. The van der Waals surface area contributed by atoms with Gasteiger partial charge in [0.25, 0.3) is 0 Å². The number of hydrogen-bond donors (Lipinski definition) is 2. The fraction of sp³-hybridized carbons (Fsp3) is 0.240. The number of rotatable bonds is 8. The molecule has 0 unspecified atom stereocenters.